The molecule has 2 N–H and O–H groups in total. The molecule has 1 fully saturated rings. The number of aromatic nitrogens is 2. The number of aromatic amines is 1. The number of hydrogen-bond acceptors (Lipinski definition) is 6. The second-order valence-electron chi connectivity index (χ2n) is 5.24. The maximum absolute atomic E-state index is 12.7. The summed E-state index contributed by atoms with van der Waals surface area (Å²) < 4.78 is 49.5. The average Bonchev–Trinajstić information content (AvgIpc) is 2.93. The monoisotopic (exact) mass is 336 g/mol. The van der Waals surface area contributed by atoms with Gasteiger partial charge in [-0.15, -0.1) is 0 Å². The molecule has 0 bridgehead atoms. The Hall–Kier alpha value is -0.970. The molecule has 1 aromatic rings. The number of sulfone groups is 1. The van der Waals surface area contributed by atoms with E-state index in [9.17, 15) is 16.8 Å². The van der Waals surface area contributed by atoms with Gasteiger partial charge < -0.3 is 5.32 Å². The van der Waals surface area contributed by atoms with E-state index in [0.717, 1.165) is 4.31 Å². The molecule has 1 unspecified atom stereocenters. The lowest BCUT2D eigenvalue weighted by atomic mass is 10.3. The lowest BCUT2D eigenvalue weighted by Gasteiger charge is -2.22. The van der Waals surface area contributed by atoms with Gasteiger partial charge in [0.05, 0.1) is 11.5 Å². The third-order valence-corrected chi connectivity index (χ3v) is 7.37. The smallest absolute Gasteiger partial charge is 0.262 e. The van der Waals surface area contributed by atoms with Gasteiger partial charge in [0.15, 0.2) is 14.9 Å². The molecule has 2 rings (SSSR count). The van der Waals surface area contributed by atoms with Gasteiger partial charge in [0.2, 0.25) is 0 Å². The minimum absolute atomic E-state index is 0.0283. The number of sulfonamides is 1. The number of nitrogens with one attached hydrogen (secondary N) is 2. The summed E-state index contributed by atoms with van der Waals surface area (Å²) in [7, 11) is -3.83. The van der Waals surface area contributed by atoms with Crippen LogP contribution in [0.15, 0.2) is 5.03 Å². The molecule has 0 spiro atoms. The van der Waals surface area contributed by atoms with Gasteiger partial charge in [0.25, 0.3) is 10.0 Å². The largest absolute Gasteiger partial charge is 0.316 e. The summed E-state index contributed by atoms with van der Waals surface area (Å²) in [5.41, 5.74) is 1.25. The van der Waals surface area contributed by atoms with E-state index >= 15 is 0 Å². The van der Waals surface area contributed by atoms with Crippen LogP contribution < -0.4 is 5.32 Å². The standard InChI is InChI=1S/C11H20N4O4S2/c1-8-10(6-12-2)11(14-13-8)21(18,19)15(3)9-4-5-20(16,17)7-9/h9,12H,4-7H2,1-3H3,(H,13,14). The molecule has 1 aliphatic heterocycles. The van der Waals surface area contributed by atoms with Crippen LogP contribution in [-0.2, 0) is 26.4 Å². The molecule has 8 nitrogen and oxygen atoms in total. The molecule has 0 amide bonds. The molecule has 0 aromatic carbocycles. The summed E-state index contributed by atoms with van der Waals surface area (Å²) >= 11 is 0. The highest BCUT2D eigenvalue weighted by molar-refractivity contribution is 7.92. The van der Waals surface area contributed by atoms with Crippen LogP contribution in [0.1, 0.15) is 17.7 Å². The Bertz CT molecular complexity index is 723. The summed E-state index contributed by atoms with van der Waals surface area (Å²) in [4.78, 5) is 0. The van der Waals surface area contributed by atoms with Gasteiger partial charge in [-0.05, 0) is 20.4 Å². The number of nitrogens with zero attached hydrogens (tertiary/aromatic N) is 2. The van der Waals surface area contributed by atoms with Crippen LogP contribution in [0, 0.1) is 6.92 Å². The highest BCUT2D eigenvalue weighted by atomic mass is 32.2. The van der Waals surface area contributed by atoms with Crippen LogP contribution in [0.4, 0.5) is 0 Å². The number of aryl methyl sites for hydroxylation is 1. The Morgan fingerprint density at radius 1 is 1.48 bits per heavy atom. The molecule has 2 heterocycles. The molecule has 1 aromatic heterocycles. The van der Waals surface area contributed by atoms with Crippen LogP contribution in [0.3, 0.4) is 0 Å². The zero-order valence-corrected chi connectivity index (χ0v) is 13.9. The highest BCUT2D eigenvalue weighted by Crippen LogP contribution is 2.25. The maximum Gasteiger partial charge on any atom is 0.262 e. The Balaban J connectivity index is 2.34. The van der Waals surface area contributed by atoms with Gasteiger partial charge in [-0.25, -0.2) is 16.8 Å². The van der Waals surface area contributed by atoms with E-state index < -0.39 is 25.9 Å². The fourth-order valence-corrected chi connectivity index (χ4v) is 5.83. The summed E-state index contributed by atoms with van der Waals surface area (Å²) in [6, 6.07) is -0.528. The first kappa shape index (κ1) is 16.4. The van der Waals surface area contributed by atoms with Crippen molar-refractivity contribution in [2.45, 2.75) is 31.0 Å². The average molecular weight is 336 g/mol. The molecule has 0 radical (unpaired) electrons. The second-order valence-corrected chi connectivity index (χ2v) is 9.38. The zero-order valence-electron chi connectivity index (χ0n) is 12.2. The van der Waals surface area contributed by atoms with E-state index in [1.165, 1.54) is 7.05 Å². The van der Waals surface area contributed by atoms with Crippen LogP contribution >= 0.6 is 0 Å². The second kappa shape index (κ2) is 5.67. The molecule has 10 heteroatoms. The van der Waals surface area contributed by atoms with Crippen molar-refractivity contribution in [1.29, 1.82) is 0 Å². The summed E-state index contributed by atoms with van der Waals surface area (Å²) in [6.07, 6.45) is 0.322. The predicted molar refractivity (Wildman–Crippen MR) is 78.1 cm³/mol. The van der Waals surface area contributed by atoms with E-state index in [4.69, 9.17) is 0 Å². The third kappa shape index (κ3) is 3.12. The molecule has 21 heavy (non-hydrogen) atoms. The Morgan fingerprint density at radius 2 is 2.14 bits per heavy atom. The molecule has 1 saturated heterocycles. The van der Waals surface area contributed by atoms with Gasteiger partial charge in [0.1, 0.15) is 0 Å². The van der Waals surface area contributed by atoms with Crippen molar-refractivity contribution in [3.8, 4) is 0 Å². The van der Waals surface area contributed by atoms with Gasteiger partial charge in [-0.2, -0.15) is 9.40 Å². The molecule has 1 atom stereocenters. The SMILES string of the molecule is CNCc1c(S(=O)(=O)N(C)C2CCS(=O)(=O)C2)n[nH]c1C. The van der Waals surface area contributed by atoms with Crippen molar-refractivity contribution in [3.63, 3.8) is 0 Å². The van der Waals surface area contributed by atoms with Gasteiger partial charge in [-0.3, -0.25) is 5.10 Å². The first-order valence-electron chi connectivity index (χ1n) is 6.56. The topological polar surface area (TPSA) is 112 Å². The van der Waals surface area contributed by atoms with Crippen molar-refractivity contribution in [1.82, 2.24) is 19.8 Å². The van der Waals surface area contributed by atoms with E-state index in [2.05, 4.69) is 15.5 Å². The van der Waals surface area contributed by atoms with Crippen molar-refractivity contribution in [2.75, 3.05) is 25.6 Å². The quantitative estimate of drug-likeness (QED) is 0.731. The lowest BCUT2D eigenvalue weighted by molar-refractivity contribution is 0.391. The molecule has 1 aliphatic rings. The van der Waals surface area contributed by atoms with Gasteiger partial charge in [-0.1, -0.05) is 0 Å². The number of hydrogen-bond donors (Lipinski definition) is 2. The Labute approximate surface area is 124 Å². The van der Waals surface area contributed by atoms with Crippen molar-refractivity contribution >= 4 is 19.9 Å². The van der Waals surface area contributed by atoms with Crippen molar-refractivity contribution in [3.05, 3.63) is 11.3 Å². The first-order valence-corrected chi connectivity index (χ1v) is 9.82. The zero-order chi connectivity index (χ0) is 15.8. The van der Waals surface area contributed by atoms with Crippen LogP contribution in [0.25, 0.3) is 0 Å². The van der Waals surface area contributed by atoms with E-state index in [1.54, 1.807) is 14.0 Å². The number of rotatable bonds is 5. The molecule has 120 valence electrons. The predicted octanol–water partition coefficient (Wildman–Crippen LogP) is -0.755. The maximum atomic E-state index is 12.7. The molecular weight excluding hydrogens is 316 g/mol. The normalized spacial score (nSPS) is 22.0. The van der Waals surface area contributed by atoms with E-state index in [-0.39, 0.29) is 16.5 Å². The first-order chi connectivity index (χ1) is 9.69. The van der Waals surface area contributed by atoms with E-state index in [1.807, 2.05) is 0 Å². The molecular formula is C11H20N4O4S2. The molecule has 0 saturated carbocycles. The highest BCUT2D eigenvalue weighted by Gasteiger charge is 2.38. The van der Waals surface area contributed by atoms with E-state index in [0.29, 0.717) is 24.2 Å². The lowest BCUT2D eigenvalue weighted by Crippen LogP contribution is -2.38. The van der Waals surface area contributed by atoms with Crippen molar-refractivity contribution < 1.29 is 16.8 Å². The number of H-pyrrole nitrogens is 1. The summed E-state index contributed by atoms with van der Waals surface area (Å²) in [6.45, 7) is 2.12. The third-order valence-electron chi connectivity index (χ3n) is 3.74. The minimum atomic E-state index is -3.82. The van der Waals surface area contributed by atoms with Crippen LogP contribution in [-0.4, -0.2) is 63.0 Å². The molecule has 0 aliphatic carbocycles. The Kier molecular flexibility index (Phi) is 4.43. The fourth-order valence-electron chi connectivity index (χ4n) is 2.42. The fraction of sp³-hybridized carbons (Fsp3) is 0.727. The summed E-state index contributed by atoms with van der Waals surface area (Å²) in [5.74, 6) is -0.103. The van der Waals surface area contributed by atoms with Crippen LogP contribution in [0.2, 0.25) is 0 Å². The summed E-state index contributed by atoms with van der Waals surface area (Å²) in [5, 5.41) is 9.43. The van der Waals surface area contributed by atoms with Gasteiger partial charge in [0, 0.05) is 30.9 Å². The van der Waals surface area contributed by atoms with Crippen molar-refractivity contribution in [2.24, 2.45) is 0 Å². The van der Waals surface area contributed by atoms with Gasteiger partial charge >= 0.3 is 0 Å². The minimum Gasteiger partial charge on any atom is -0.316 e. The Morgan fingerprint density at radius 3 is 2.67 bits per heavy atom. The van der Waals surface area contributed by atoms with Crippen LogP contribution in [0.5, 0.6) is 0 Å².